The fourth-order valence-corrected chi connectivity index (χ4v) is 2.07. The molecule has 5 nitrogen and oxygen atoms in total. The molecule has 1 fully saturated rings. The Morgan fingerprint density at radius 1 is 1.41 bits per heavy atom. The van der Waals surface area contributed by atoms with E-state index in [4.69, 9.17) is 9.15 Å². The van der Waals surface area contributed by atoms with Crippen LogP contribution in [-0.4, -0.2) is 23.5 Å². The molecule has 1 aliphatic rings. The summed E-state index contributed by atoms with van der Waals surface area (Å²) < 4.78 is 10.3. The summed E-state index contributed by atoms with van der Waals surface area (Å²) in [5.41, 5.74) is 1.52. The second-order valence-corrected chi connectivity index (χ2v) is 4.09. The molecule has 0 aliphatic carbocycles. The van der Waals surface area contributed by atoms with Gasteiger partial charge in [0.1, 0.15) is 6.10 Å². The fraction of sp³-hybridized carbons (Fsp3) is 0.333. The fourth-order valence-electron chi connectivity index (χ4n) is 2.07. The highest BCUT2D eigenvalue weighted by molar-refractivity contribution is 6.01. The number of rotatable bonds is 2. The third-order valence-electron chi connectivity index (χ3n) is 2.93. The zero-order valence-electron chi connectivity index (χ0n) is 9.06. The number of oxazole rings is 1. The van der Waals surface area contributed by atoms with Crippen LogP contribution in [0, 0.1) is 0 Å². The molecule has 1 saturated heterocycles. The largest absolute Gasteiger partial charge is 0.417 e. The molecule has 1 atom stereocenters. The molecular weight excluding hydrogens is 222 g/mol. The molecule has 2 heterocycles. The van der Waals surface area contributed by atoms with E-state index < -0.39 is 5.76 Å². The SMILES string of the molecule is O=C(c1ccc2[nH]c(=O)oc2c1)C1CCCO1. The van der Waals surface area contributed by atoms with Gasteiger partial charge in [0.25, 0.3) is 0 Å². The first-order chi connectivity index (χ1) is 8.24. The van der Waals surface area contributed by atoms with Crippen molar-refractivity contribution in [1.82, 2.24) is 4.98 Å². The van der Waals surface area contributed by atoms with Crippen LogP contribution in [0.3, 0.4) is 0 Å². The third-order valence-corrected chi connectivity index (χ3v) is 2.93. The van der Waals surface area contributed by atoms with Crippen molar-refractivity contribution in [3.8, 4) is 0 Å². The van der Waals surface area contributed by atoms with Crippen molar-refractivity contribution in [2.24, 2.45) is 0 Å². The minimum atomic E-state index is -0.512. The second kappa shape index (κ2) is 3.85. The summed E-state index contributed by atoms with van der Waals surface area (Å²) in [6, 6.07) is 4.93. The van der Waals surface area contributed by atoms with Crippen molar-refractivity contribution in [2.45, 2.75) is 18.9 Å². The first-order valence-electron chi connectivity index (χ1n) is 5.53. The minimum absolute atomic E-state index is 0.0479. The zero-order valence-corrected chi connectivity index (χ0v) is 9.06. The monoisotopic (exact) mass is 233 g/mol. The van der Waals surface area contributed by atoms with E-state index in [1.807, 2.05) is 0 Å². The molecule has 3 rings (SSSR count). The Bertz CT molecular complexity index is 619. The van der Waals surface area contributed by atoms with Crippen molar-refractivity contribution in [3.63, 3.8) is 0 Å². The van der Waals surface area contributed by atoms with Gasteiger partial charge in [0.2, 0.25) is 0 Å². The Balaban J connectivity index is 1.99. The van der Waals surface area contributed by atoms with Crippen LogP contribution < -0.4 is 5.76 Å². The zero-order chi connectivity index (χ0) is 11.8. The molecule has 2 aromatic rings. The van der Waals surface area contributed by atoms with Crippen LogP contribution in [0.4, 0.5) is 0 Å². The van der Waals surface area contributed by atoms with Gasteiger partial charge in [-0.3, -0.25) is 9.78 Å². The van der Waals surface area contributed by atoms with Gasteiger partial charge in [-0.15, -0.1) is 0 Å². The van der Waals surface area contributed by atoms with Gasteiger partial charge in [0.15, 0.2) is 11.4 Å². The summed E-state index contributed by atoms with van der Waals surface area (Å²) in [6.07, 6.45) is 1.32. The maximum atomic E-state index is 12.0. The van der Waals surface area contributed by atoms with Crippen LogP contribution in [0.25, 0.3) is 11.1 Å². The molecule has 1 unspecified atom stereocenters. The van der Waals surface area contributed by atoms with E-state index in [0.717, 1.165) is 12.8 Å². The third kappa shape index (κ3) is 1.78. The van der Waals surface area contributed by atoms with Crippen molar-refractivity contribution in [1.29, 1.82) is 0 Å². The van der Waals surface area contributed by atoms with Crippen LogP contribution in [0.5, 0.6) is 0 Å². The lowest BCUT2D eigenvalue weighted by Crippen LogP contribution is -2.19. The van der Waals surface area contributed by atoms with E-state index in [9.17, 15) is 9.59 Å². The lowest BCUT2D eigenvalue weighted by atomic mass is 10.0. The van der Waals surface area contributed by atoms with Crippen LogP contribution in [0.15, 0.2) is 27.4 Å². The van der Waals surface area contributed by atoms with Gasteiger partial charge >= 0.3 is 5.76 Å². The summed E-state index contributed by atoms with van der Waals surface area (Å²) in [5.74, 6) is -0.560. The molecule has 1 aromatic heterocycles. The number of hydrogen-bond donors (Lipinski definition) is 1. The van der Waals surface area contributed by atoms with E-state index in [1.54, 1.807) is 18.2 Å². The number of ketones is 1. The molecule has 1 N–H and O–H groups in total. The van der Waals surface area contributed by atoms with Gasteiger partial charge in [0, 0.05) is 12.2 Å². The van der Waals surface area contributed by atoms with Crippen LogP contribution in [0.1, 0.15) is 23.2 Å². The number of aromatic amines is 1. The maximum Gasteiger partial charge on any atom is 0.417 e. The number of aromatic nitrogens is 1. The maximum absolute atomic E-state index is 12.0. The average molecular weight is 233 g/mol. The van der Waals surface area contributed by atoms with Gasteiger partial charge in [0.05, 0.1) is 5.52 Å². The predicted molar refractivity (Wildman–Crippen MR) is 60.1 cm³/mol. The lowest BCUT2D eigenvalue weighted by Gasteiger charge is -2.07. The number of ether oxygens (including phenoxy) is 1. The molecule has 0 spiro atoms. The summed E-state index contributed by atoms with van der Waals surface area (Å²) in [5, 5.41) is 0. The van der Waals surface area contributed by atoms with E-state index >= 15 is 0 Å². The average Bonchev–Trinajstić information content (AvgIpc) is 2.94. The Morgan fingerprint density at radius 3 is 3.06 bits per heavy atom. The second-order valence-electron chi connectivity index (χ2n) is 4.09. The van der Waals surface area contributed by atoms with Crippen molar-refractivity contribution < 1.29 is 13.9 Å². The summed E-state index contributed by atoms with van der Waals surface area (Å²) in [6.45, 7) is 0.637. The smallest absolute Gasteiger partial charge is 0.408 e. The Kier molecular flexibility index (Phi) is 2.33. The van der Waals surface area contributed by atoms with Crippen molar-refractivity contribution in [2.75, 3.05) is 6.61 Å². The highest BCUT2D eigenvalue weighted by Crippen LogP contribution is 2.19. The van der Waals surface area contributed by atoms with Crippen LogP contribution in [0.2, 0.25) is 0 Å². The van der Waals surface area contributed by atoms with Crippen LogP contribution in [-0.2, 0) is 4.74 Å². The number of benzene rings is 1. The Hall–Kier alpha value is -1.88. The van der Waals surface area contributed by atoms with Crippen molar-refractivity contribution in [3.05, 3.63) is 34.3 Å². The van der Waals surface area contributed by atoms with E-state index in [1.165, 1.54) is 0 Å². The first kappa shape index (κ1) is 10.3. The standard InChI is InChI=1S/C12H11NO4/c14-11(9-2-1-5-16-9)7-3-4-8-10(6-7)17-12(15)13-8/h3-4,6,9H,1-2,5H2,(H,13,15). The molecule has 0 bridgehead atoms. The quantitative estimate of drug-likeness (QED) is 0.797. The number of carbonyl (C=O) groups is 1. The van der Waals surface area contributed by atoms with Gasteiger partial charge in [-0.25, -0.2) is 4.79 Å². The number of carbonyl (C=O) groups excluding carboxylic acids is 1. The summed E-state index contributed by atoms with van der Waals surface area (Å²) in [4.78, 5) is 25.6. The molecular formula is C12H11NO4. The Labute approximate surface area is 96.4 Å². The lowest BCUT2D eigenvalue weighted by molar-refractivity contribution is 0.0643. The predicted octanol–water partition coefficient (Wildman–Crippen LogP) is 1.48. The summed E-state index contributed by atoms with van der Waals surface area (Å²) >= 11 is 0. The molecule has 1 aromatic carbocycles. The normalized spacial score (nSPS) is 19.9. The first-order valence-corrected chi connectivity index (χ1v) is 5.53. The number of fused-ring (bicyclic) bond motifs is 1. The molecule has 17 heavy (non-hydrogen) atoms. The van der Waals surface area contributed by atoms with Gasteiger partial charge in [-0.05, 0) is 31.0 Å². The summed E-state index contributed by atoms with van der Waals surface area (Å²) in [7, 11) is 0. The number of nitrogens with one attached hydrogen (secondary N) is 1. The van der Waals surface area contributed by atoms with Crippen molar-refractivity contribution >= 4 is 16.9 Å². The topological polar surface area (TPSA) is 72.3 Å². The van der Waals surface area contributed by atoms with E-state index in [2.05, 4.69) is 4.98 Å². The molecule has 5 heteroatoms. The van der Waals surface area contributed by atoms with Crippen LogP contribution >= 0.6 is 0 Å². The van der Waals surface area contributed by atoms with E-state index in [-0.39, 0.29) is 11.9 Å². The number of Topliss-reactive ketones (excluding diaryl/α,β-unsaturated/α-hetero) is 1. The number of hydrogen-bond acceptors (Lipinski definition) is 4. The number of H-pyrrole nitrogens is 1. The molecule has 88 valence electrons. The highest BCUT2D eigenvalue weighted by atomic mass is 16.5. The highest BCUT2D eigenvalue weighted by Gasteiger charge is 2.25. The van der Waals surface area contributed by atoms with Gasteiger partial charge in [-0.2, -0.15) is 0 Å². The molecule has 1 aliphatic heterocycles. The minimum Gasteiger partial charge on any atom is -0.408 e. The van der Waals surface area contributed by atoms with Gasteiger partial charge in [-0.1, -0.05) is 0 Å². The van der Waals surface area contributed by atoms with Gasteiger partial charge < -0.3 is 9.15 Å². The molecule has 0 radical (unpaired) electrons. The Morgan fingerprint density at radius 2 is 2.29 bits per heavy atom. The molecule has 0 saturated carbocycles. The molecule has 0 amide bonds. The van der Waals surface area contributed by atoms with E-state index in [0.29, 0.717) is 23.3 Å².